The van der Waals surface area contributed by atoms with Gasteiger partial charge in [0.2, 0.25) is 0 Å². The van der Waals surface area contributed by atoms with Gasteiger partial charge in [-0.05, 0) is 6.92 Å². The molecule has 0 aromatic heterocycles. The molecule has 1 N–H and O–H groups in total. The number of carbonyl (C=O) groups is 1. The van der Waals surface area contributed by atoms with Gasteiger partial charge in [0.05, 0.1) is 19.6 Å². The molecule has 1 rings (SSSR count). The summed E-state index contributed by atoms with van der Waals surface area (Å²) in [5.74, 6) is -0.236. The maximum atomic E-state index is 11.5. The summed E-state index contributed by atoms with van der Waals surface area (Å²) in [5.41, 5.74) is 0. The summed E-state index contributed by atoms with van der Waals surface area (Å²) in [7, 11) is 1.44. The van der Waals surface area contributed by atoms with Crippen molar-refractivity contribution >= 4 is 5.97 Å². The molecule has 1 aliphatic heterocycles. The highest BCUT2D eigenvalue weighted by atomic mass is 16.5. The summed E-state index contributed by atoms with van der Waals surface area (Å²) < 4.78 is 4.77. The van der Waals surface area contributed by atoms with Crippen LogP contribution in [0.3, 0.4) is 0 Å². The van der Waals surface area contributed by atoms with E-state index in [2.05, 4.69) is 16.7 Å². The Hall–Kier alpha value is -0.650. The van der Waals surface area contributed by atoms with Crippen molar-refractivity contribution in [3.8, 4) is 0 Å². The molecule has 1 heterocycles. The summed E-state index contributed by atoms with van der Waals surface area (Å²) in [6, 6.07) is 0.207. The van der Waals surface area contributed by atoms with Crippen LogP contribution in [0.2, 0.25) is 0 Å². The third kappa shape index (κ3) is 3.94. The first kappa shape index (κ1) is 14.4. The van der Waals surface area contributed by atoms with Crippen LogP contribution in [0, 0.1) is 5.92 Å². The zero-order chi connectivity index (χ0) is 12.8. The molecule has 1 fully saturated rings. The second-order valence-corrected chi connectivity index (χ2v) is 4.65. The van der Waals surface area contributed by atoms with E-state index < -0.39 is 0 Å². The minimum Gasteiger partial charge on any atom is -0.469 e. The van der Waals surface area contributed by atoms with Crippen LogP contribution in [0.1, 0.15) is 13.8 Å². The molecule has 1 aliphatic rings. The molecule has 2 unspecified atom stereocenters. The standard InChI is InChI=1S/C12H24N2O3/c1-10(12(16)17-3)11(2)14-6-4-13(5-7-14)8-9-15/h10-11,15H,4-9H2,1-3H3. The van der Waals surface area contributed by atoms with E-state index >= 15 is 0 Å². The zero-order valence-corrected chi connectivity index (χ0v) is 11.1. The monoisotopic (exact) mass is 244 g/mol. The van der Waals surface area contributed by atoms with Crippen molar-refractivity contribution in [1.82, 2.24) is 9.80 Å². The van der Waals surface area contributed by atoms with Crippen molar-refractivity contribution < 1.29 is 14.6 Å². The molecule has 5 heteroatoms. The largest absolute Gasteiger partial charge is 0.469 e. The number of piperazine rings is 1. The van der Waals surface area contributed by atoms with Gasteiger partial charge in [-0.2, -0.15) is 0 Å². The summed E-state index contributed by atoms with van der Waals surface area (Å²) >= 11 is 0. The first-order chi connectivity index (χ1) is 8.10. The average Bonchev–Trinajstić information content (AvgIpc) is 2.37. The van der Waals surface area contributed by atoms with Crippen LogP contribution in [0.25, 0.3) is 0 Å². The lowest BCUT2D eigenvalue weighted by molar-refractivity contribution is -0.147. The van der Waals surface area contributed by atoms with E-state index in [1.54, 1.807) is 0 Å². The van der Waals surface area contributed by atoms with Gasteiger partial charge in [-0.15, -0.1) is 0 Å². The second-order valence-electron chi connectivity index (χ2n) is 4.65. The highest BCUT2D eigenvalue weighted by Crippen LogP contribution is 2.14. The van der Waals surface area contributed by atoms with E-state index in [1.165, 1.54) is 7.11 Å². The summed E-state index contributed by atoms with van der Waals surface area (Å²) in [4.78, 5) is 16.0. The molecular formula is C12H24N2O3. The molecule has 0 radical (unpaired) electrons. The molecule has 17 heavy (non-hydrogen) atoms. The predicted octanol–water partition coefficient (Wildman–Crippen LogP) is -0.206. The van der Waals surface area contributed by atoms with Crippen LogP contribution in [-0.4, -0.2) is 73.4 Å². The first-order valence-electron chi connectivity index (χ1n) is 6.25. The maximum absolute atomic E-state index is 11.5. The molecule has 1 saturated heterocycles. The first-order valence-corrected chi connectivity index (χ1v) is 6.25. The number of hydrogen-bond acceptors (Lipinski definition) is 5. The Bertz CT molecular complexity index is 240. The Balaban J connectivity index is 2.40. The number of carbonyl (C=O) groups excluding carboxylic acids is 1. The predicted molar refractivity (Wildman–Crippen MR) is 65.7 cm³/mol. The quantitative estimate of drug-likeness (QED) is 0.678. The molecule has 0 amide bonds. The van der Waals surface area contributed by atoms with Crippen LogP contribution >= 0.6 is 0 Å². The molecule has 0 aromatic carbocycles. The fourth-order valence-corrected chi connectivity index (χ4v) is 2.23. The van der Waals surface area contributed by atoms with Crippen molar-refractivity contribution in [1.29, 1.82) is 0 Å². The molecule has 0 aliphatic carbocycles. The van der Waals surface area contributed by atoms with Gasteiger partial charge in [0.25, 0.3) is 0 Å². The number of β-amino-alcohol motifs (C(OH)–C–C–N with tert-alkyl or cyclic N) is 1. The minimum atomic E-state index is -0.143. The Morgan fingerprint density at radius 2 is 1.88 bits per heavy atom. The second kappa shape index (κ2) is 6.93. The summed E-state index contributed by atoms with van der Waals surface area (Å²) in [5, 5.41) is 8.87. The molecule has 0 spiro atoms. The minimum absolute atomic E-state index is 0.0932. The fraction of sp³-hybridized carbons (Fsp3) is 0.917. The van der Waals surface area contributed by atoms with E-state index in [-0.39, 0.29) is 24.5 Å². The number of aliphatic hydroxyl groups excluding tert-OH is 1. The van der Waals surface area contributed by atoms with Gasteiger partial charge < -0.3 is 9.84 Å². The Morgan fingerprint density at radius 1 is 1.29 bits per heavy atom. The van der Waals surface area contributed by atoms with Crippen LogP contribution in [-0.2, 0) is 9.53 Å². The Kier molecular flexibility index (Phi) is 5.88. The average molecular weight is 244 g/mol. The number of nitrogens with zero attached hydrogens (tertiary/aromatic N) is 2. The maximum Gasteiger partial charge on any atom is 0.309 e. The van der Waals surface area contributed by atoms with E-state index in [4.69, 9.17) is 9.84 Å². The van der Waals surface area contributed by atoms with Crippen molar-refractivity contribution in [2.24, 2.45) is 5.92 Å². The third-order valence-electron chi connectivity index (χ3n) is 3.70. The third-order valence-corrected chi connectivity index (χ3v) is 3.70. The highest BCUT2D eigenvalue weighted by molar-refractivity contribution is 5.72. The lowest BCUT2D eigenvalue weighted by atomic mass is 10.0. The normalized spacial score (nSPS) is 22.1. The van der Waals surface area contributed by atoms with Gasteiger partial charge >= 0.3 is 5.97 Å². The molecule has 0 saturated carbocycles. The molecule has 100 valence electrons. The lowest BCUT2D eigenvalue weighted by Gasteiger charge is -2.39. The summed E-state index contributed by atoms with van der Waals surface area (Å²) in [6.07, 6.45) is 0. The van der Waals surface area contributed by atoms with Crippen LogP contribution < -0.4 is 0 Å². The van der Waals surface area contributed by atoms with Crippen molar-refractivity contribution in [3.05, 3.63) is 0 Å². The summed E-state index contributed by atoms with van der Waals surface area (Å²) in [6.45, 7) is 8.76. The Labute approximate surface area is 103 Å². The lowest BCUT2D eigenvalue weighted by Crippen LogP contribution is -2.52. The van der Waals surface area contributed by atoms with Gasteiger partial charge in [0, 0.05) is 38.8 Å². The van der Waals surface area contributed by atoms with E-state index in [9.17, 15) is 4.79 Å². The van der Waals surface area contributed by atoms with Gasteiger partial charge in [-0.1, -0.05) is 6.92 Å². The van der Waals surface area contributed by atoms with Gasteiger partial charge in [-0.3, -0.25) is 14.6 Å². The zero-order valence-electron chi connectivity index (χ0n) is 11.1. The fourth-order valence-electron chi connectivity index (χ4n) is 2.23. The topological polar surface area (TPSA) is 53.0 Å². The number of methoxy groups -OCH3 is 1. The van der Waals surface area contributed by atoms with E-state index in [0.717, 1.165) is 32.7 Å². The Morgan fingerprint density at radius 3 is 2.35 bits per heavy atom. The SMILES string of the molecule is COC(=O)C(C)C(C)N1CCN(CCO)CC1. The van der Waals surface area contributed by atoms with Crippen LogP contribution in [0.4, 0.5) is 0 Å². The molecular weight excluding hydrogens is 220 g/mol. The number of aliphatic hydroxyl groups is 1. The van der Waals surface area contributed by atoms with E-state index in [1.807, 2.05) is 6.92 Å². The number of hydrogen-bond donors (Lipinski definition) is 1. The highest BCUT2D eigenvalue weighted by Gasteiger charge is 2.28. The van der Waals surface area contributed by atoms with Gasteiger partial charge in [0.15, 0.2) is 0 Å². The van der Waals surface area contributed by atoms with Crippen molar-refractivity contribution in [2.45, 2.75) is 19.9 Å². The van der Waals surface area contributed by atoms with Crippen LogP contribution in [0.5, 0.6) is 0 Å². The molecule has 2 atom stereocenters. The van der Waals surface area contributed by atoms with Gasteiger partial charge in [0.1, 0.15) is 0 Å². The number of esters is 1. The number of rotatable bonds is 5. The molecule has 5 nitrogen and oxygen atoms in total. The van der Waals surface area contributed by atoms with Crippen LogP contribution in [0.15, 0.2) is 0 Å². The molecule has 0 aromatic rings. The number of ether oxygens (including phenoxy) is 1. The van der Waals surface area contributed by atoms with Crippen molar-refractivity contribution in [2.75, 3.05) is 46.4 Å². The van der Waals surface area contributed by atoms with Gasteiger partial charge in [-0.25, -0.2) is 0 Å². The van der Waals surface area contributed by atoms with Crippen molar-refractivity contribution in [3.63, 3.8) is 0 Å². The smallest absolute Gasteiger partial charge is 0.309 e. The molecule has 0 bridgehead atoms. The van der Waals surface area contributed by atoms with E-state index in [0.29, 0.717) is 0 Å².